The van der Waals surface area contributed by atoms with E-state index in [1.54, 1.807) is 24.5 Å². The van der Waals surface area contributed by atoms with Gasteiger partial charge in [0, 0.05) is 42.5 Å². The summed E-state index contributed by atoms with van der Waals surface area (Å²) in [5.41, 5.74) is 2.43. The van der Waals surface area contributed by atoms with Crippen molar-refractivity contribution in [2.45, 2.75) is 31.7 Å². The molecule has 0 unspecified atom stereocenters. The zero-order valence-electron chi connectivity index (χ0n) is 16.8. The number of hydrogen-bond acceptors (Lipinski definition) is 5. The van der Waals surface area contributed by atoms with Crippen molar-refractivity contribution < 1.29 is 9.18 Å². The molecule has 0 aliphatic carbocycles. The van der Waals surface area contributed by atoms with Crippen LogP contribution in [-0.2, 0) is 0 Å². The number of nitrogens with zero attached hydrogens (tertiary/aromatic N) is 5. The Morgan fingerprint density at radius 3 is 2.67 bits per heavy atom. The molecule has 2 aromatic heterocycles. The molecule has 1 aromatic carbocycles. The Kier molecular flexibility index (Phi) is 5.12. The lowest BCUT2D eigenvalue weighted by molar-refractivity contribution is 0.0710. The van der Waals surface area contributed by atoms with E-state index in [0.29, 0.717) is 22.2 Å². The average Bonchev–Trinajstić information content (AvgIpc) is 3.46. The number of pyridine rings is 1. The SMILES string of the molecule is O=C(c1cc(-c2cncnc2)nc2ccc(F)cc12)N1CCC[C@H]1CN1CCCC1. The van der Waals surface area contributed by atoms with Crippen molar-refractivity contribution in [3.8, 4) is 11.3 Å². The third-order valence-corrected chi connectivity index (χ3v) is 6.16. The van der Waals surface area contributed by atoms with Crippen LogP contribution in [0.25, 0.3) is 22.2 Å². The van der Waals surface area contributed by atoms with Crippen LogP contribution in [0.15, 0.2) is 43.0 Å². The molecular weight excluding hydrogens is 381 g/mol. The molecule has 154 valence electrons. The summed E-state index contributed by atoms with van der Waals surface area (Å²) in [5, 5.41) is 0.549. The van der Waals surface area contributed by atoms with Crippen LogP contribution in [0, 0.1) is 5.82 Å². The average molecular weight is 405 g/mol. The van der Waals surface area contributed by atoms with E-state index in [2.05, 4.69) is 19.9 Å². The normalized spacial score (nSPS) is 19.6. The van der Waals surface area contributed by atoms with E-state index in [1.165, 1.54) is 31.3 Å². The molecule has 4 heterocycles. The number of likely N-dealkylation sites (tertiary alicyclic amines) is 2. The molecule has 7 heteroatoms. The first-order chi connectivity index (χ1) is 14.7. The fourth-order valence-electron chi connectivity index (χ4n) is 4.67. The second kappa shape index (κ2) is 8.07. The van der Waals surface area contributed by atoms with E-state index in [-0.39, 0.29) is 17.8 Å². The summed E-state index contributed by atoms with van der Waals surface area (Å²) in [4.78, 5) is 30.9. The van der Waals surface area contributed by atoms with Crippen molar-refractivity contribution in [3.05, 3.63) is 54.4 Å². The summed E-state index contributed by atoms with van der Waals surface area (Å²) in [5.74, 6) is -0.419. The van der Waals surface area contributed by atoms with E-state index < -0.39 is 0 Å². The number of rotatable bonds is 4. The van der Waals surface area contributed by atoms with Gasteiger partial charge in [0.15, 0.2) is 0 Å². The Morgan fingerprint density at radius 1 is 1.07 bits per heavy atom. The first-order valence-electron chi connectivity index (χ1n) is 10.6. The van der Waals surface area contributed by atoms with Crippen molar-refractivity contribution >= 4 is 16.8 Å². The van der Waals surface area contributed by atoms with Crippen LogP contribution < -0.4 is 0 Å². The number of aromatic nitrogens is 3. The monoisotopic (exact) mass is 405 g/mol. The van der Waals surface area contributed by atoms with Crippen molar-refractivity contribution in [2.75, 3.05) is 26.2 Å². The maximum atomic E-state index is 14.0. The Bertz CT molecular complexity index is 1070. The van der Waals surface area contributed by atoms with Crippen molar-refractivity contribution in [1.82, 2.24) is 24.8 Å². The highest BCUT2D eigenvalue weighted by molar-refractivity contribution is 6.07. The summed E-state index contributed by atoms with van der Waals surface area (Å²) in [7, 11) is 0. The van der Waals surface area contributed by atoms with Gasteiger partial charge in [-0.3, -0.25) is 4.79 Å². The second-order valence-corrected chi connectivity index (χ2v) is 8.15. The van der Waals surface area contributed by atoms with Crippen molar-refractivity contribution in [2.24, 2.45) is 0 Å². The molecule has 2 aliphatic rings. The van der Waals surface area contributed by atoms with E-state index in [9.17, 15) is 9.18 Å². The van der Waals surface area contributed by atoms with Crippen LogP contribution in [0.5, 0.6) is 0 Å². The number of halogens is 1. The van der Waals surface area contributed by atoms with Crippen molar-refractivity contribution in [3.63, 3.8) is 0 Å². The number of fused-ring (bicyclic) bond motifs is 1. The predicted octanol–water partition coefficient (Wildman–Crippen LogP) is 3.53. The van der Waals surface area contributed by atoms with Gasteiger partial charge < -0.3 is 9.80 Å². The maximum absolute atomic E-state index is 14.0. The van der Waals surface area contributed by atoms with Gasteiger partial charge in [0.2, 0.25) is 0 Å². The van der Waals surface area contributed by atoms with Crippen LogP contribution in [0.2, 0.25) is 0 Å². The molecule has 30 heavy (non-hydrogen) atoms. The summed E-state index contributed by atoms with van der Waals surface area (Å²) < 4.78 is 14.0. The first kappa shape index (κ1) is 19.1. The van der Waals surface area contributed by atoms with Crippen LogP contribution in [0.3, 0.4) is 0 Å². The first-order valence-corrected chi connectivity index (χ1v) is 10.6. The molecule has 5 rings (SSSR count). The molecule has 0 N–H and O–H groups in total. The Morgan fingerprint density at radius 2 is 1.87 bits per heavy atom. The van der Waals surface area contributed by atoms with Gasteiger partial charge in [-0.1, -0.05) is 0 Å². The molecule has 6 nitrogen and oxygen atoms in total. The van der Waals surface area contributed by atoms with Gasteiger partial charge in [0.1, 0.15) is 12.1 Å². The maximum Gasteiger partial charge on any atom is 0.254 e. The standard InChI is InChI=1S/C23H24FN5O/c24-17-5-6-21-19(10-17)20(11-22(27-21)16-12-25-15-26-13-16)23(30)29-9-3-4-18(29)14-28-7-1-2-8-28/h5-6,10-13,15,18H,1-4,7-9,14H2/t18-/m0/s1. The molecule has 0 saturated carbocycles. The van der Waals surface area contributed by atoms with Gasteiger partial charge in [-0.25, -0.2) is 19.3 Å². The summed E-state index contributed by atoms with van der Waals surface area (Å²) in [6.45, 7) is 3.88. The van der Waals surface area contributed by atoms with Crippen LogP contribution in [-0.4, -0.2) is 62.9 Å². The van der Waals surface area contributed by atoms with Crippen LogP contribution in [0.4, 0.5) is 4.39 Å². The molecule has 2 saturated heterocycles. The van der Waals surface area contributed by atoms with E-state index in [0.717, 1.165) is 44.6 Å². The minimum absolute atomic E-state index is 0.0483. The molecular formula is C23H24FN5O. The Balaban J connectivity index is 1.54. The summed E-state index contributed by atoms with van der Waals surface area (Å²) in [6, 6.07) is 6.37. The zero-order valence-corrected chi connectivity index (χ0v) is 16.8. The number of amides is 1. The topological polar surface area (TPSA) is 62.2 Å². The fourth-order valence-corrected chi connectivity index (χ4v) is 4.67. The van der Waals surface area contributed by atoms with Gasteiger partial charge in [-0.2, -0.15) is 0 Å². The minimum Gasteiger partial charge on any atom is -0.334 e. The summed E-state index contributed by atoms with van der Waals surface area (Å²) in [6.07, 6.45) is 9.28. The zero-order chi connectivity index (χ0) is 20.5. The lowest BCUT2D eigenvalue weighted by atomic mass is 10.0. The van der Waals surface area contributed by atoms with E-state index in [4.69, 9.17) is 0 Å². The Hall–Kier alpha value is -2.93. The third kappa shape index (κ3) is 3.65. The third-order valence-electron chi connectivity index (χ3n) is 6.16. The van der Waals surface area contributed by atoms with Gasteiger partial charge in [-0.15, -0.1) is 0 Å². The molecule has 3 aromatic rings. The van der Waals surface area contributed by atoms with E-state index >= 15 is 0 Å². The molecule has 0 spiro atoms. The van der Waals surface area contributed by atoms with Crippen LogP contribution in [0.1, 0.15) is 36.0 Å². The molecule has 0 bridgehead atoms. The molecule has 2 aliphatic heterocycles. The quantitative estimate of drug-likeness (QED) is 0.665. The number of hydrogen-bond donors (Lipinski definition) is 0. The van der Waals surface area contributed by atoms with Gasteiger partial charge >= 0.3 is 0 Å². The second-order valence-electron chi connectivity index (χ2n) is 8.15. The number of carbonyl (C=O) groups is 1. The predicted molar refractivity (Wildman–Crippen MR) is 112 cm³/mol. The fraction of sp³-hybridized carbons (Fsp3) is 0.391. The van der Waals surface area contributed by atoms with Crippen molar-refractivity contribution in [1.29, 1.82) is 0 Å². The molecule has 2 fully saturated rings. The van der Waals surface area contributed by atoms with Gasteiger partial charge in [0.25, 0.3) is 5.91 Å². The highest BCUT2D eigenvalue weighted by atomic mass is 19.1. The van der Waals surface area contributed by atoms with Gasteiger partial charge in [-0.05, 0) is 63.0 Å². The van der Waals surface area contributed by atoms with E-state index in [1.807, 2.05) is 4.90 Å². The van der Waals surface area contributed by atoms with Crippen LogP contribution >= 0.6 is 0 Å². The lowest BCUT2D eigenvalue weighted by Crippen LogP contribution is -2.42. The lowest BCUT2D eigenvalue weighted by Gasteiger charge is -2.29. The largest absolute Gasteiger partial charge is 0.334 e. The molecule has 0 radical (unpaired) electrons. The number of carbonyl (C=O) groups excluding carboxylic acids is 1. The smallest absolute Gasteiger partial charge is 0.254 e. The minimum atomic E-state index is -0.371. The number of benzene rings is 1. The summed E-state index contributed by atoms with van der Waals surface area (Å²) >= 11 is 0. The Labute approximate surface area is 174 Å². The molecule has 1 amide bonds. The highest BCUT2D eigenvalue weighted by Gasteiger charge is 2.32. The highest BCUT2D eigenvalue weighted by Crippen LogP contribution is 2.29. The molecule has 1 atom stereocenters. The van der Waals surface area contributed by atoms with Gasteiger partial charge in [0.05, 0.1) is 16.8 Å².